The third-order valence-corrected chi connectivity index (χ3v) is 5.46. The lowest BCUT2D eigenvalue weighted by Crippen LogP contribution is -2.49. The Morgan fingerprint density at radius 3 is 2.90 bits per heavy atom. The zero-order chi connectivity index (χ0) is 20.5. The van der Waals surface area contributed by atoms with Crippen molar-refractivity contribution in [3.05, 3.63) is 41.9 Å². The van der Waals surface area contributed by atoms with Gasteiger partial charge < -0.3 is 19.6 Å². The second kappa shape index (κ2) is 7.67. The highest BCUT2D eigenvalue weighted by Crippen LogP contribution is 2.31. The van der Waals surface area contributed by atoms with Crippen LogP contribution in [0, 0.1) is 5.92 Å². The largest absolute Gasteiger partial charge is 0.478 e. The van der Waals surface area contributed by atoms with Gasteiger partial charge in [-0.2, -0.15) is 0 Å². The molecule has 152 valence electrons. The van der Waals surface area contributed by atoms with Crippen LogP contribution in [0.5, 0.6) is 0 Å². The molecule has 0 spiro atoms. The van der Waals surface area contributed by atoms with E-state index in [4.69, 9.17) is 14.3 Å². The Kier molecular flexibility index (Phi) is 5.06. The number of hydrogen-bond donors (Lipinski definition) is 2. The zero-order valence-electron chi connectivity index (χ0n) is 15.8. The number of ether oxygens (including phenoxy) is 1. The number of piperidine rings is 1. The Labute approximate surface area is 166 Å². The maximum absolute atomic E-state index is 12.7. The Morgan fingerprint density at radius 2 is 2.17 bits per heavy atom. The van der Waals surface area contributed by atoms with E-state index in [-0.39, 0.29) is 17.9 Å². The summed E-state index contributed by atoms with van der Waals surface area (Å²) in [4.78, 5) is 41.4. The van der Waals surface area contributed by atoms with Crippen LogP contribution in [-0.4, -0.2) is 64.6 Å². The predicted octanol–water partition coefficient (Wildman–Crippen LogP) is 0.987. The summed E-state index contributed by atoms with van der Waals surface area (Å²) in [6, 6.07) is 1.55. The van der Waals surface area contributed by atoms with Crippen LogP contribution >= 0.6 is 0 Å². The number of carboxylic acids is 1. The minimum Gasteiger partial charge on any atom is -0.478 e. The smallest absolute Gasteiger partial charge is 0.331 e. The average molecular weight is 399 g/mol. The quantitative estimate of drug-likeness (QED) is 0.545. The summed E-state index contributed by atoms with van der Waals surface area (Å²) in [6.07, 6.45) is 5.27. The van der Waals surface area contributed by atoms with Gasteiger partial charge in [-0.15, -0.1) is 0 Å². The van der Waals surface area contributed by atoms with E-state index in [0.29, 0.717) is 30.9 Å². The highest BCUT2D eigenvalue weighted by Gasteiger charge is 2.47. The summed E-state index contributed by atoms with van der Waals surface area (Å²) in [5.74, 6) is -2.25. The highest BCUT2D eigenvalue weighted by molar-refractivity contribution is 5.96. The van der Waals surface area contributed by atoms with Crippen molar-refractivity contribution in [2.45, 2.75) is 25.5 Å². The fourth-order valence-corrected chi connectivity index (χ4v) is 4.06. The second-order valence-corrected chi connectivity index (χ2v) is 7.29. The molecule has 4 heterocycles. The first-order valence-electron chi connectivity index (χ1n) is 9.45. The van der Waals surface area contributed by atoms with Crippen molar-refractivity contribution in [3.63, 3.8) is 0 Å². The van der Waals surface area contributed by atoms with Crippen molar-refractivity contribution in [2.24, 2.45) is 5.92 Å². The van der Waals surface area contributed by atoms with E-state index in [2.05, 4.69) is 15.2 Å². The van der Waals surface area contributed by atoms with Crippen molar-refractivity contribution < 1.29 is 28.6 Å². The van der Waals surface area contributed by atoms with Gasteiger partial charge in [-0.1, -0.05) is 6.92 Å². The summed E-state index contributed by atoms with van der Waals surface area (Å²) in [6.45, 7) is 3.97. The van der Waals surface area contributed by atoms with Crippen LogP contribution < -0.4 is 5.32 Å². The number of carbonyl (C=O) groups excluding carboxylic acids is 2. The number of nitrogens with zero attached hydrogens (tertiary/aromatic N) is 2. The molecule has 4 rings (SSSR count). The monoisotopic (exact) mass is 399 g/mol. The molecule has 0 aliphatic carbocycles. The van der Waals surface area contributed by atoms with Gasteiger partial charge in [0.05, 0.1) is 12.5 Å². The van der Waals surface area contributed by atoms with Gasteiger partial charge in [-0.3, -0.25) is 9.69 Å². The summed E-state index contributed by atoms with van der Waals surface area (Å²) in [5.41, 5.74) is 1.97. The number of amides is 1. The molecule has 2 aromatic rings. The number of fused-ring (bicyclic) bond motifs is 3. The summed E-state index contributed by atoms with van der Waals surface area (Å²) < 4.78 is 10.8. The fraction of sp³-hybridized carbons (Fsp3) is 0.400. The first-order chi connectivity index (χ1) is 13.9. The van der Waals surface area contributed by atoms with Crippen LogP contribution in [-0.2, 0) is 20.7 Å². The minimum atomic E-state index is -1.21. The molecular weight excluding hydrogens is 378 g/mol. The number of carboxylic acid groups (broad SMARTS) is 1. The SMILES string of the molecule is CCc1coc2cnc(C(=O)NC3CN4CC(OC(=O)/C=C/C(=O)O)C3C4)cc12. The van der Waals surface area contributed by atoms with E-state index in [1.54, 1.807) is 18.5 Å². The molecule has 0 aromatic carbocycles. The van der Waals surface area contributed by atoms with Crippen molar-refractivity contribution in [1.82, 2.24) is 15.2 Å². The van der Waals surface area contributed by atoms with E-state index < -0.39 is 18.0 Å². The fourth-order valence-electron chi connectivity index (χ4n) is 4.06. The molecular formula is C20H21N3O6. The first-order valence-corrected chi connectivity index (χ1v) is 9.45. The molecule has 4 unspecified atom stereocenters. The number of carbonyl (C=O) groups is 3. The minimum absolute atomic E-state index is 0.0509. The van der Waals surface area contributed by atoms with Gasteiger partial charge in [0.25, 0.3) is 5.91 Å². The van der Waals surface area contributed by atoms with Crippen molar-refractivity contribution in [2.75, 3.05) is 19.6 Å². The molecule has 4 atom stereocenters. The number of hydrogen-bond acceptors (Lipinski definition) is 7. The second-order valence-electron chi connectivity index (χ2n) is 7.29. The Balaban J connectivity index is 1.42. The number of esters is 1. The normalized spacial score (nSPS) is 25.6. The van der Waals surface area contributed by atoms with E-state index >= 15 is 0 Å². The number of rotatable bonds is 6. The van der Waals surface area contributed by atoms with Gasteiger partial charge in [0.2, 0.25) is 0 Å². The van der Waals surface area contributed by atoms with Crippen molar-refractivity contribution >= 4 is 28.8 Å². The van der Waals surface area contributed by atoms with Crippen LogP contribution in [0.4, 0.5) is 0 Å². The molecule has 1 amide bonds. The Bertz CT molecular complexity index is 997. The molecule has 9 heteroatoms. The molecule has 2 aliphatic rings. The molecule has 2 aliphatic heterocycles. The number of nitrogens with one attached hydrogen (secondary N) is 1. The molecule has 2 saturated heterocycles. The highest BCUT2D eigenvalue weighted by atomic mass is 16.5. The topological polar surface area (TPSA) is 122 Å². The van der Waals surface area contributed by atoms with E-state index in [0.717, 1.165) is 29.5 Å². The molecule has 2 fully saturated rings. The predicted molar refractivity (Wildman–Crippen MR) is 101 cm³/mol. The lowest BCUT2D eigenvalue weighted by molar-refractivity contribution is -0.145. The standard InChI is InChI=1S/C20H21N3O6/c1-2-11-10-28-16-6-21-14(5-12(11)16)20(27)22-15-8-23-7-13(15)17(9-23)29-19(26)4-3-18(24)25/h3-6,10,13,15,17H,2,7-9H2,1H3,(H,22,27)(H,24,25)/b4-3+. The maximum Gasteiger partial charge on any atom is 0.331 e. The van der Waals surface area contributed by atoms with E-state index in [1.807, 2.05) is 6.92 Å². The number of aryl methyl sites for hydroxylation is 1. The van der Waals surface area contributed by atoms with E-state index in [9.17, 15) is 14.4 Å². The Morgan fingerprint density at radius 1 is 1.34 bits per heavy atom. The molecule has 0 radical (unpaired) electrons. The molecule has 9 nitrogen and oxygen atoms in total. The van der Waals surface area contributed by atoms with Gasteiger partial charge >= 0.3 is 11.9 Å². The summed E-state index contributed by atoms with van der Waals surface area (Å²) in [7, 11) is 0. The summed E-state index contributed by atoms with van der Waals surface area (Å²) in [5, 5.41) is 12.5. The average Bonchev–Trinajstić information content (AvgIpc) is 3.39. The van der Waals surface area contributed by atoms with Gasteiger partial charge in [-0.05, 0) is 18.1 Å². The zero-order valence-corrected chi connectivity index (χ0v) is 15.8. The van der Waals surface area contributed by atoms with Gasteiger partial charge in [-0.25, -0.2) is 14.6 Å². The first kappa shape index (κ1) is 19.1. The number of pyridine rings is 1. The molecule has 0 saturated carbocycles. The van der Waals surface area contributed by atoms with Crippen LogP contribution in [0.25, 0.3) is 11.0 Å². The third-order valence-electron chi connectivity index (χ3n) is 5.46. The number of furan rings is 1. The van der Waals surface area contributed by atoms with Gasteiger partial charge in [0.15, 0.2) is 5.58 Å². The Hall–Kier alpha value is -3.20. The van der Waals surface area contributed by atoms with Crippen molar-refractivity contribution in [3.8, 4) is 0 Å². The molecule has 29 heavy (non-hydrogen) atoms. The summed E-state index contributed by atoms with van der Waals surface area (Å²) >= 11 is 0. The number of aromatic nitrogens is 1. The van der Waals surface area contributed by atoms with Crippen molar-refractivity contribution in [1.29, 1.82) is 0 Å². The lowest BCUT2D eigenvalue weighted by atomic mass is 9.96. The van der Waals surface area contributed by atoms with Crippen LogP contribution in [0.2, 0.25) is 0 Å². The van der Waals surface area contributed by atoms with Gasteiger partial charge in [0.1, 0.15) is 11.8 Å². The maximum atomic E-state index is 12.7. The molecule has 2 N–H and O–H groups in total. The third kappa shape index (κ3) is 3.86. The van der Waals surface area contributed by atoms with E-state index in [1.165, 1.54) is 0 Å². The number of aliphatic carboxylic acids is 1. The lowest BCUT2D eigenvalue weighted by Gasteiger charge is -2.29. The molecule has 2 bridgehead atoms. The van der Waals surface area contributed by atoms with Crippen LogP contribution in [0.15, 0.2) is 35.1 Å². The van der Waals surface area contributed by atoms with Crippen LogP contribution in [0.3, 0.4) is 0 Å². The van der Waals surface area contributed by atoms with Gasteiger partial charge in [0, 0.05) is 49.1 Å². The van der Waals surface area contributed by atoms with Crippen LogP contribution in [0.1, 0.15) is 23.0 Å². The molecule has 2 aromatic heterocycles.